The van der Waals surface area contributed by atoms with Gasteiger partial charge in [0.25, 0.3) is 0 Å². The average Bonchev–Trinajstić information content (AvgIpc) is 2.88. The Morgan fingerprint density at radius 1 is 1.48 bits per heavy atom. The van der Waals surface area contributed by atoms with E-state index in [4.69, 9.17) is 0 Å². The number of nitrogens with zero attached hydrogens (tertiary/aromatic N) is 2. The average molecular weight is 286 g/mol. The fourth-order valence-electron chi connectivity index (χ4n) is 2.57. The van der Waals surface area contributed by atoms with E-state index >= 15 is 0 Å². The van der Waals surface area contributed by atoms with E-state index in [1.165, 1.54) is 0 Å². The molecule has 0 fully saturated rings. The van der Waals surface area contributed by atoms with Crippen LogP contribution in [-0.2, 0) is 11.3 Å². The molecule has 1 aliphatic heterocycles. The van der Waals surface area contributed by atoms with Crippen LogP contribution in [0.4, 0.5) is 11.5 Å². The lowest BCUT2D eigenvalue weighted by Crippen LogP contribution is -2.21. The molecule has 0 unspecified atom stereocenters. The number of hydrogen-bond donors (Lipinski definition) is 2. The molecular formula is C15H18N4O2. The monoisotopic (exact) mass is 286 g/mol. The van der Waals surface area contributed by atoms with Gasteiger partial charge in [-0.1, -0.05) is 13.8 Å². The minimum Gasteiger partial charge on any atom is -0.369 e. The molecular weight excluding hydrogens is 268 g/mol. The van der Waals surface area contributed by atoms with Crippen molar-refractivity contribution >= 4 is 28.3 Å². The lowest BCUT2D eigenvalue weighted by atomic mass is 10.1. The van der Waals surface area contributed by atoms with Crippen LogP contribution in [-0.4, -0.2) is 22.0 Å². The smallest absolute Gasteiger partial charge is 0.349 e. The van der Waals surface area contributed by atoms with Gasteiger partial charge in [-0.3, -0.25) is 9.36 Å². The van der Waals surface area contributed by atoms with Crippen LogP contribution in [0.3, 0.4) is 0 Å². The van der Waals surface area contributed by atoms with Crippen molar-refractivity contribution in [3.05, 3.63) is 28.7 Å². The quantitative estimate of drug-likeness (QED) is 0.902. The number of fused-ring (bicyclic) bond motifs is 3. The van der Waals surface area contributed by atoms with Crippen LogP contribution in [0.1, 0.15) is 20.3 Å². The zero-order valence-electron chi connectivity index (χ0n) is 12.1. The van der Waals surface area contributed by atoms with Crippen LogP contribution in [0, 0.1) is 5.92 Å². The maximum atomic E-state index is 11.9. The summed E-state index contributed by atoms with van der Waals surface area (Å²) in [6.07, 6.45) is 0.487. The van der Waals surface area contributed by atoms with E-state index in [9.17, 15) is 9.59 Å². The third kappa shape index (κ3) is 2.61. The summed E-state index contributed by atoms with van der Waals surface area (Å²) in [5.74, 6) is 1.09. The molecule has 2 aromatic rings. The van der Waals surface area contributed by atoms with Crippen LogP contribution < -0.4 is 16.3 Å². The predicted octanol–water partition coefficient (Wildman–Crippen LogP) is 1.81. The molecule has 0 radical (unpaired) electrons. The van der Waals surface area contributed by atoms with Gasteiger partial charge >= 0.3 is 5.69 Å². The number of amides is 1. The Kier molecular flexibility index (Phi) is 3.37. The molecule has 21 heavy (non-hydrogen) atoms. The normalized spacial score (nSPS) is 13.3. The first-order valence-corrected chi connectivity index (χ1v) is 7.13. The fourth-order valence-corrected chi connectivity index (χ4v) is 2.57. The highest BCUT2D eigenvalue weighted by Gasteiger charge is 2.16. The Bertz CT molecular complexity index is 764. The van der Waals surface area contributed by atoms with Crippen molar-refractivity contribution in [2.24, 2.45) is 5.92 Å². The second-order valence-electron chi connectivity index (χ2n) is 5.70. The predicted molar refractivity (Wildman–Crippen MR) is 82.6 cm³/mol. The second kappa shape index (κ2) is 5.20. The van der Waals surface area contributed by atoms with E-state index in [0.717, 1.165) is 23.4 Å². The molecule has 2 N–H and O–H groups in total. The summed E-state index contributed by atoms with van der Waals surface area (Å²) in [4.78, 5) is 27.8. The van der Waals surface area contributed by atoms with Gasteiger partial charge in [0, 0.05) is 30.6 Å². The molecule has 0 saturated heterocycles. The summed E-state index contributed by atoms with van der Waals surface area (Å²) in [6.45, 7) is 5.36. The number of benzene rings is 1. The van der Waals surface area contributed by atoms with E-state index < -0.39 is 0 Å². The van der Waals surface area contributed by atoms with Gasteiger partial charge < -0.3 is 10.6 Å². The lowest BCUT2D eigenvalue weighted by Gasteiger charge is -2.10. The summed E-state index contributed by atoms with van der Waals surface area (Å²) in [7, 11) is 0. The van der Waals surface area contributed by atoms with Gasteiger partial charge in [-0.15, -0.1) is 0 Å². The zero-order chi connectivity index (χ0) is 15.0. The summed E-state index contributed by atoms with van der Waals surface area (Å²) >= 11 is 0. The Hall–Kier alpha value is -2.37. The number of hydrogen-bond acceptors (Lipinski definition) is 4. The third-order valence-electron chi connectivity index (χ3n) is 3.47. The molecule has 6 nitrogen and oxygen atoms in total. The Morgan fingerprint density at radius 2 is 2.29 bits per heavy atom. The standard InChI is InChI=1S/C15H18N4O2/c1-9(2)7-13(20)17-10-3-4-12-11(8-10)14-16-5-6-19(14)15(21)18-12/h3-4,8-9,16H,5-7H2,1-2H3,(H,17,20). The molecule has 0 bridgehead atoms. The van der Waals surface area contributed by atoms with Gasteiger partial charge in [-0.2, -0.15) is 4.98 Å². The molecule has 0 saturated carbocycles. The first-order chi connectivity index (χ1) is 10.0. The summed E-state index contributed by atoms with van der Waals surface area (Å²) in [6, 6.07) is 5.41. The molecule has 1 aliphatic rings. The molecule has 110 valence electrons. The number of nitrogens with one attached hydrogen (secondary N) is 2. The molecule has 0 spiro atoms. The Labute approximate surface area is 122 Å². The van der Waals surface area contributed by atoms with Crippen LogP contribution in [0.5, 0.6) is 0 Å². The summed E-state index contributed by atoms with van der Waals surface area (Å²) < 4.78 is 1.63. The van der Waals surface area contributed by atoms with Gasteiger partial charge in [0.2, 0.25) is 5.91 Å². The third-order valence-corrected chi connectivity index (χ3v) is 3.47. The van der Waals surface area contributed by atoms with Crippen LogP contribution in [0.15, 0.2) is 23.0 Å². The number of rotatable bonds is 3. The van der Waals surface area contributed by atoms with Crippen molar-refractivity contribution in [3.8, 4) is 0 Å². The minimum absolute atomic E-state index is 0.00462. The maximum Gasteiger partial charge on any atom is 0.349 e. The number of carbonyl (C=O) groups excluding carboxylic acids is 1. The highest BCUT2D eigenvalue weighted by Crippen LogP contribution is 2.26. The molecule has 3 rings (SSSR count). The molecule has 1 aromatic heterocycles. The van der Waals surface area contributed by atoms with Crippen LogP contribution >= 0.6 is 0 Å². The van der Waals surface area contributed by atoms with E-state index in [0.29, 0.717) is 24.4 Å². The molecule has 0 atom stereocenters. The maximum absolute atomic E-state index is 11.9. The SMILES string of the molecule is CC(C)CC(=O)Nc1ccc2nc(=O)n3c(c2c1)NCC3. The van der Waals surface area contributed by atoms with Crippen molar-refractivity contribution in [1.29, 1.82) is 0 Å². The van der Waals surface area contributed by atoms with E-state index in [1.54, 1.807) is 16.7 Å². The van der Waals surface area contributed by atoms with Crippen molar-refractivity contribution in [2.45, 2.75) is 26.8 Å². The van der Waals surface area contributed by atoms with Crippen molar-refractivity contribution in [1.82, 2.24) is 9.55 Å². The topological polar surface area (TPSA) is 76.0 Å². The molecule has 2 heterocycles. The molecule has 1 aromatic carbocycles. The van der Waals surface area contributed by atoms with Crippen molar-refractivity contribution in [2.75, 3.05) is 17.2 Å². The largest absolute Gasteiger partial charge is 0.369 e. The summed E-state index contributed by atoms with van der Waals surface area (Å²) in [5, 5.41) is 6.95. The molecule has 1 amide bonds. The van der Waals surface area contributed by atoms with Gasteiger partial charge in [0.05, 0.1) is 5.52 Å². The second-order valence-corrected chi connectivity index (χ2v) is 5.70. The highest BCUT2D eigenvalue weighted by atomic mass is 16.2. The zero-order valence-corrected chi connectivity index (χ0v) is 12.1. The van der Waals surface area contributed by atoms with E-state index in [2.05, 4.69) is 15.6 Å². The van der Waals surface area contributed by atoms with Crippen molar-refractivity contribution < 1.29 is 4.79 Å². The number of aromatic nitrogens is 2. The van der Waals surface area contributed by atoms with Gasteiger partial charge in [0.15, 0.2) is 0 Å². The van der Waals surface area contributed by atoms with Crippen LogP contribution in [0.25, 0.3) is 10.9 Å². The number of carbonyl (C=O) groups is 1. The van der Waals surface area contributed by atoms with Crippen molar-refractivity contribution in [3.63, 3.8) is 0 Å². The minimum atomic E-state index is -0.237. The summed E-state index contributed by atoms with van der Waals surface area (Å²) in [5.41, 5.74) is 1.13. The fraction of sp³-hybridized carbons (Fsp3) is 0.400. The Balaban J connectivity index is 1.98. The van der Waals surface area contributed by atoms with E-state index in [1.807, 2.05) is 19.9 Å². The van der Waals surface area contributed by atoms with Gasteiger partial charge in [-0.25, -0.2) is 4.79 Å². The molecule has 6 heteroatoms. The lowest BCUT2D eigenvalue weighted by molar-refractivity contribution is -0.116. The first kappa shape index (κ1) is 13.6. The van der Waals surface area contributed by atoms with E-state index in [-0.39, 0.29) is 11.6 Å². The number of anilines is 2. The van der Waals surface area contributed by atoms with Gasteiger partial charge in [0.1, 0.15) is 5.82 Å². The first-order valence-electron chi connectivity index (χ1n) is 7.13. The highest BCUT2D eigenvalue weighted by molar-refractivity contribution is 5.96. The Morgan fingerprint density at radius 3 is 3.05 bits per heavy atom. The van der Waals surface area contributed by atoms with Crippen LogP contribution in [0.2, 0.25) is 0 Å². The van der Waals surface area contributed by atoms with Gasteiger partial charge in [-0.05, 0) is 24.1 Å². The molecule has 0 aliphatic carbocycles.